The Balaban J connectivity index is 2.04. The summed E-state index contributed by atoms with van der Waals surface area (Å²) in [5.41, 5.74) is 1.93. The first-order valence-electron chi connectivity index (χ1n) is 5.78. The fraction of sp³-hybridized carbons (Fsp3) is 0.231. The average Bonchev–Trinajstić information content (AvgIpc) is 2.63. The predicted molar refractivity (Wildman–Crippen MR) is 70.5 cm³/mol. The quantitative estimate of drug-likeness (QED) is 0.801. The Morgan fingerprint density at radius 1 is 1.11 bits per heavy atom. The summed E-state index contributed by atoms with van der Waals surface area (Å²) < 4.78 is 11.8. The molecule has 1 aliphatic rings. The van der Waals surface area contributed by atoms with Crippen LogP contribution in [0.3, 0.4) is 0 Å². The summed E-state index contributed by atoms with van der Waals surface area (Å²) in [5, 5.41) is 0. The van der Waals surface area contributed by atoms with E-state index >= 15 is 0 Å². The first kappa shape index (κ1) is 11.2. The highest BCUT2D eigenvalue weighted by molar-refractivity contribution is 7.71. The van der Waals surface area contributed by atoms with Gasteiger partial charge in [0.25, 0.3) is 0 Å². The lowest BCUT2D eigenvalue weighted by Crippen LogP contribution is -1.97. The summed E-state index contributed by atoms with van der Waals surface area (Å²) in [5.74, 6) is 1.57. The minimum absolute atomic E-state index is 0.566. The van der Waals surface area contributed by atoms with E-state index in [1.807, 2.05) is 24.3 Å². The molecule has 4 nitrogen and oxygen atoms in total. The number of hydrogen-bond acceptors (Lipinski definition) is 4. The number of fused-ring (bicyclic) bond motifs is 1. The Morgan fingerprint density at radius 3 is 2.78 bits per heavy atom. The Labute approximate surface area is 110 Å². The molecule has 3 rings (SSSR count). The fourth-order valence-electron chi connectivity index (χ4n) is 1.87. The molecule has 18 heavy (non-hydrogen) atoms. The second-order valence-electron chi connectivity index (χ2n) is 4.01. The van der Waals surface area contributed by atoms with E-state index in [0.29, 0.717) is 17.9 Å². The number of nitrogens with zero attached hydrogens (tertiary/aromatic N) is 1. The van der Waals surface area contributed by atoms with Gasteiger partial charge in [-0.2, -0.15) is 0 Å². The largest absolute Gasteiger partial charge is 0.490 e. The molecule has 1 N–H and O–H groups in total. The predicted octanol–water partition coefficient (Wildman–Crippen LogP) is 2.97. The van der Waals surface area contributed by atoms with Crippen LogP contribution in [0.5, 0.6) is 11.5 Å². The van der Waals surface area contributed by atoms with Gasteiger partial charge < -0.3 is 14.5 Å². The zero-order chi connectivity index (χ0) is 12.4. The van der Waals surface area contributed by atoms with E-state index < -0.39 is 0 Å². The van der Waals surface area contributed by atoms with Gasteiger partial charge in [0.15, 0.2) is 11.5 Å². The van der Waals surface area contributed by atoms with Crippen LogP contribution < -0.4 is 9.47 Å². The van der Waals surface area contributed by atoms with Crippen LogP contribution in [-0.4, -0.2) is 23.2 Å². The molecule has 0 bridgehead atoms. The molecule has 0 spiro atoms. The molecule has 92 valence electrons. The maximum atomic E-state index is 5.66. The highest BCUT2D eigenvalue weighted by atomic mass is 32.1. The standard InChI is InChI=1S/C13H12N2O2S/c18-13-7-10(14-8-15-13)9-2-3-11-12(6-9)17-5-1-4-16-11/h2-3,6-8H,1,4-5H2,(H,14,15,18). The summed E-state index contributed by atoms with van der Waals surface area (Å²) in [6.45, 7) is 1.38. The molecule has 0 atom stereocenters. The van der Waals surface area contributed by atoms with E-state index in [4.69, 9.17) is 21.7 Å². The topological polar surface area (TPSA) is 47.1 Å². The smallest absolute Gasteiger partial charge is 0.161 e. The third-order valence-corrected chi connectivity index (χ3v) is 2.96. The van der Waals surface area contributed by atoms with Crippen LogP contribution >= 0.6 is 12.2 Å². The van der Waals surface area contributed by atoms with Crippen LogP contribution in [0.15, 0.2) is 30.6 Å². The number of ether oxygens (including phenoxy) is 2. The van der Waals surface area contributed by atoms with E-state index in [-0.39, 0.29) is 0 Å². The zero-order valence-electron chi connectivity index (χ0n) is 9.68. The van der Waals surface area contributed by atoms with Crippen molar-refractivity contribution < 1.29 is 9.47 Å². The van der Waals surface area contributed by atoms with E-state index in [0.717, 1.165) is 29.2 Å². The van der Waals surface area contributed by atoms with Gasteiger partial charge in [-0.1, -0.05) is 12.2 Å². The first-order valence-corrected chi connectivity index (χ1v) is 6.18. The lowest BCUT2D eigenvalue weighted by atomic mass is 10.1. The van der Waals surface area contributed by atoms with Gasteiger partial charge in [0.2, 0.25) is 0 Å². The molecular formula is C13H12N2O2S. The molecule has 1 aromatic carbocycles. The Morgan fingerprint density at radius 2 is 1.94 bits per heavy atom. The van der Waals surface area contributed by atoms with Crippen molar-refractivity contribution in [2.24, 2.45) is 0 Å². The van der Waals surface area contributed by atoms with Crippen molar-refractivity contribution in [2.45, 2.75) is 6.42 Å². The van der Waals surface area contributed by atoms with Gasteiger partial charge in [-0.05, 0) is 24.3 Å². The van der Waals surface area contributed by atoms with Gasteiger partial charge in [-0.15, -0.1) is 0 Å². The molecule has 0 unspecified atom stereocenters. The third kappa shape index (κ3) is 2.22. The molecule has 0 aliphatic carbocycles. The van der Waals surface area contributed by atoms with Crippen LogP contribution in [0, 0.1) is 4.64 Å². The minimum Gasteiger partial charge on any atom is -0.490 e. The maximum Gasteiger partial charge on any atom is 0.161 e. The molecule has 5 heteroatoms. The lowest BCUT2D eigenvalue weighted by molar-refractivity contribution is 0.297. The van der Waals surface area contributed by atoms with Gasteiger partial charge in [0.05, 0.1) is 19.5 Å². The van der Waals surface area contributed by atoms with Crippen molar-refractivity contribution in [3.8, 4) is 22.8 Å². The molecule has 0 radical (unpaired) electrons. The monoisotopic (exact) mass is 260 g/mol. The number of H-pyrrole nitrogens is 1. The number of benzene rings is 1. The normalized spacial score (nSPS) is 14.0. The van der Waals surface area contributed by atoms with Crippen LogP contribution in [0.4, 0.5) is 0 Å². The molecule has 1 aromatic heterocycles. The number of aromatic nitrogens is 2. The van der Waals surface area contributed by atoms with Gasteiger partial charge >= 0.3 is 0 Å². The van der Waals surface area contributed by atoms with Crippen molar-refractivity contribution >= 4 is 12.2 Å². The highest BCUT2D eigenvalue weighted by Gasteiger charge is 2.11. The molecule has 0 saturated carbocycles. The van der Waals surface area contributed by atoms with E-state index in [1.54, 1.807) is 6.33 Å². The van der Waals surface area contributed by atoms with Gasteiger partial charge in [0.1, 0.15) is 4.64 Å². The number of hydrogen-bond donors (Lipinski definition) is 1. The molecule has 0 saturated heterocycles. The van der Waals surface area contributed by atoms with Crippen molar-refractivity contribution in [3.63, 3.8) is 0 Å². The summed E-state index contributed by atoms with van der Waals surface area (Å²) in [4.78, 5) is 7.04. The summed E-state index contributed by atoms with van der Waals surface area (Å²) in [6, 6.07) is 7.69. The zero-order valence-corrected chi connectivity index (χ0v) is 10.5. The molecule has 2 aromatic rings. The van der Waals surface area contributed by atoms with Crippen LogP contribution in [-0.2, 0) is 0 Å². The van der Waals surface area contributed by atoms with Gasteiger partial charge in [0, 0.05) is 17.7 Å². The van der Waals surface area contributed by atoms with Crippen LogP contribution in [0.2, 0.25) is 0 Å². The first-order chi connectivity index (χ1) is 8.83. The summed E-state index contributed by atoms with van der Waals surface area (Å²) in [7, 11) is 0. The van der Waals surface area contributed by atoms with Crippen LogP contribution in [0.1, 0.15) is 6.42 Å². The molecule has 0 fully saturated rings. The van der Waals surface area contributed by atoms with Crippen molar-refractivity contribution in [1.29, 1.82) is 0 Å². The van der Waals surface area contributed by atoms with Crippen molar-refractivity contribution in [3.05, 3.63) is 35.2 Å². The SMILES string of the molecule is S=c1cc(-c2ccc3c(c2)OCCCO3)[nH]cn1. The Bertz CT molecular complexity index is 624. The maximum absolute atomic E-state index is 5.66. The Hall–Kier alpha value is -1.88. The summed E-state index contributed by atoms with van der Waals surface area (Å²) >= 11 is 5.06. The van der Waals surface area contributed by atoms with Gasteiger partial charge in [-0.3, -0.25) is 0 Å². The van der Waals surface area contributed by atoms with E-state index in [9.17, 15) is 0 Å². The number of nitrogens with one attached hydrogen (secondary N) is 1. The van der Waals surface area contributed by atoms with Crippen LogP contribution in [0.25, 0.3) is 11.3 Å². The van der Waals surface area contributed by atoms with E-state index in [2.05, 4.69) is 9.97 Å². The second-order valence-corrected chi connectivity index (χ2v) is 4.43. The summed E-state index contributed by atoms with van der Waals surface area (Å²) in [6.07, 6.45) is 2.50. The molecule has 2 heterocycles. The molecular weight excluding hydrogens is 248 g/mol. The lowest BCUT2D eigenvalue weighted by Gasteiger charge is -2.09. The Kier molecular flexibility index (Phi) is 2.98. The number of rotatable bonds is 1. The van der Waals surface area contributed by atoms with E-state index in [1.165, 1.54) is 0 Å². The number of aromatic amines is 1. The highest BCUT2D eigenvalue weighted by Crippen LogP contribution is 2.33. The second kappa shape index (κ2) is 4.78. The van der Waals surface area contributed by atoms with Crippen molar-refractivity contribution in [1.82, 2.24) is 9.97 Å². The average molecular weight is 260 g/mol. The van der Waals surface area contributed by atoms with Crippen molar-refractivity contribution in [2.75, 3.05) is 13.2 Å². The van der Waals surface area contributed by atoms with Gasteiger partial charge in [-0.25, -0.2) is 4.98 Å². The fourth-order valence-corrected chi connectivity index (χ4v) is 2.04. The molecule has 1 aliphatic heterocycles. The minimum atomic E-state index is 0.566. The molecule has 0 amide bonds. The third-order valence-electron chi connectivity index (χ3n) is 2.74.